The minimum atomic E-state index is -1.81. The van der Waals surface area contributed by atoms with E-state index >= 15 is 0 Å². The van der Waals surface area contributed by atoms with Crippen molar-refractivity contribution in [3.63, 3.8) is 0 Å². The molecule has 2 N–H and O–H groups in total. The summed E-state index contributed by atoms with van der Waals surface area (Å²) in [6.45, 7) is 8.05. The van der Waals surface area contributed by atoms with Gasteiger partial charge in [0.1, 0.15) is 23.9 Å². The molecule has 0 unspecified atom stereocenters. The number of esters is 3. The number of aliphatic hydroxyl groups excluding tert-OH is 1. The smallest absolute Gasteiger partial charge is 0.340 e. The number of rotatable bonds is 6. The first kappa shape index (κ1) is 29.9. The van der Waals surface area contributed by atoms with E-state index in [2.05, 4.69) is 4.98 Å². The molecule has 1 aliphatic heterocycles. The molecule has 2 bridgehead atoms. The van der Waals surface area contributed by atoms with Gasteiger partial charge < -0.3 is 29.2 Å². The molecule has 42 heavy (non-hydrogen) atoms. The van der Waals surface area contributed by atoms with Gasteiger partial charge in [0.15, 0.2) is 0 Å². The fraction of sp³-hybridized carbons (Fsp3) is 0.500. The van der Waals surface area contributed by atoms with E-state index in [0.717, 1.165) is 5.56 Å². The molecule has 10 nitrogen and oxygen atoms in total. The highest BCUT2D eigenvalue weighted by molar-refractivity contribution is 5.89. The summed E-state index contributed by atoms with van der Waals surface area (Å²) in [6.07, 6.45) is 0.955. The first-order chi connectivity index (χ1) is 19.7. The number of pyridine rings is 1. The van der Waals surface area contributed by atoms with Crippen molar-refractivity contribution in [1.29, 1.82) is 0 Å². The van der Waals surface area contributed by atoms with Crippen LogP contribution in [0.1, 0.15) is 63.4 Å². The summed E-state index contributed by atoms with van der Waals surface area (Å²) in [4.78, 5) is 43.0. The van der Waals surface area contributed by atoms with Crippen LogP contribution in [-0.2, 0) is 28.5 Å². The molecule has 10 heteroatoms. The molecule has 8 atom stereocenters. The number of carbonyl (C=O) groups is 3. The zero-order valence-corrected chi connectivity index (χ0v) is 24.4. The Morgan fingerprint density at radius 2 is 1.71 bits per heavy atom. The van der Waals surface area contributed by atoms with Gasteiger partial charge in [-0.3, -0.25) is 9.78 Å². The van der Waals surface area contributed by atoms with Crippen molar-refractivity contribution in [2.45, 2.75) is 88.7 Å². The molecule has 3 fully saturated rings. The van der Waals surface area contributed by atoms with Crippen LogP contribution in [0.25, 0.3) is 6.08 Å². The van der Waals surface area contributed by atoms with Crippen molar-refractivity contribution in [3.8, 4) is 0 Å². The minimum absolute atomic E-state index is 0.159. The van der Waals surface area contributed by atoms with Crippen molar-refractivity contribution < 1.29 is 43.5 Å². The Morgan fingerprint density at radius 1 is 1.00 bits per heavy atom. The largest absolute Gasteiger partial charge is 0.462 e. The summed E-state index contributed by atoms with van der Waals surface area (Å²) in [5, 5.41) is 23.6. The molecule has 224 valence electrons. The Kier molecular flexibility index (Phi) is 7.53. The van der Waals surface area contributed by atoms with Gasteiger partial charge in [0.05, 0.1) is 28.3 Å². The predicted molar refractivity (Wildman–Crippen MR) is 150 cm³/mol. The molecule has 1 spiro atoms. The van der Waals surface area contributed by atoms with Crippen molar-refractivity contribution in [3.05, 3.63) is 72.1 Å². The van der Waals surface area contributed by atoms with Crippen LogP contribution in [0.3, 0.4) is 0 Å². The lowest BCUT2D eigenvalue weighted by atomic mass is 9.47. The fourth-order valence-electron chi connectivity index (χ4n) is 7.49. The number of hydrogen-bond acceptors (Lipinski definition) is 10. The van der Waals surface area contributed by atoms with Gasteiger partial charge in [0.25, 0.3) is 0 Å². The third kappa shape index (κ3) is 4.71. The molecular weight excluding hydrogens is 542 g/mol. The normalized spacial score (nSPS) is 36.6. The quantitative estimate of drug-likeness (QED) is 0.298. The van der Waals surface area contributed by atoms with E-state index in [9.17, 15) is 24.6 Å². The van der Waals surface area contributed by atoms with Gasteiger partial charge >= 0.3 is 17.9 Å². The second kappa shape index (κ2) is 10.6. The summed E-state index contributed by atoms with van der Waals surface area (Å²) in [6, 6.07) is 12.3. The maximum Gasteiger partial charge on any atom is 0.340 e. The van der Waals surface area contributed by atoms with E-state index in [1.807, 2.05) is 44.2 Å². The number of ether oxygens (including phenoxy) is 4. The number of benzene rings is 1. The third-order valence-corrected chi connectivity index (χ3v) is 9.26. The Labute approximate surface area is 244 Å². The van der Waals surface area contributed by atoms with Crippen LogP contribution in [0, 0.1) is 11.3 Å². The number of fused-ring (bicyclic) bond motifs is 1. The van der Waals surface area contributed by atoms with E-state index in [0.29, 0.717) is 0 Å². The fourth-order valence-corrected chi connectivity index (χ4v) is 7.49. The van der Waals surface area contributed by atoms with E-state index in [1.54, 1.807) is 25.1 Å². The second-order valence-electron chi connectivity index (χ2n) is 12.4. The molecule has 1 aromatic heterocycles. The van der Waals surface area contributed by atoms with Crippen LogP contribution < -0.4 is 0 Å². The molecule has 2 aliphatic carbocycles. The van der Waals surface area contributed by atoms with Gasteiger partial charge in [0, 0.05) is 37.7 Å². The van der Waals surface area contributed by atoms with Crippen molar-refractivity contribution in [2.75, 3.05) is 0 Å². The number of hydrogen-bond donors (Lipinski definition) is 2. The van der Waals surface area contributed by atoms with Gasteiger partial charge in [-0.1, -0.05) is 30.3 Å². The number of aliphatic hydroxyl groups is 2. The van der Waals surface area contributed by atoms with E-state index in [4.69, 9.17) is 18.9 Å². The van der Waals surface area contributed by atoms with Crippen LogP contribution in [0.2, 0.25) is 0 Å². The third-order valence-electron chi connectivity index (χ3n) is 9.26. The Balaban J connectivity index is 1.61. The topological polar surface area (TPSA) is 141 Å². The standard InChI is InChI=1S/C32H37NO9/c1-19(34)39-24-16-22-26(41-28(37)21-12-9-15-33-18-21)32(42-29(22,2)3)30(4,38)17-23(35)27(31(24,32)5)40-25(36)14-13-20-10-7-6-8-11-20/h6-15,18,22-24,26-27,35,38H,16-17H2,1-5H3/b14-13+/t22-,23-,24+,26+,27+,30+,31-,32+/m1/s1. The van der Waals surface area contributed by atoms with Gasteiger partial charge in [-0.25, -0.2) is 9.59 Å². The van der Waals surface area contributed by atoms with Crippen LogP contribution in [0.4, 0.5) is 0 Å². The summed E-state index contributed by atoms with van der Waals surface area (Å²) in [5.74, 6) is -2.53. The van der Waals surface area contributed by atoms with Crippen molar-refractivity contribution in [1.82, 2.24) is 4.98 Å². The molecule has 2 heterocycles. The molecule has 0 radical (unpaired) electrons. The van der Waals surface area contributed by atoms with Crippen molar-refractivity contribution in [2.24, 2.45) is 11.3 Å². The number of nitrogens with zero attached hydrogens (tertiary/aromatic N) is 1. The van der Waals surface area contributed by atoms with Crippen LogP contribution >= 0.6 is 0 Å². The monoisotopic (exact) mass is 579 g/mol. The molecule has 3 aliphatic rings. The zero-order valence-electron chi connectivity index (χ0n) is 24.4. The highest BCUT2D eigenvalue weighted by Crippen LogP contribution is 2.68. The molecule has 5 rings (SSSR count). The Hall–Kier alpha value is -3.60. The Morgan fingerprint density at radius 3 is 2.36 bits per heavy atom. The lowest BCUT2D eigenvalue weighted by Crippen LogP contribution is -2.81. The average molecular weight is 580 g/mol. The lowest BCUT2D eigenvalue weighted by molar-refractivity contribution is -0.343. The van der Waals surface area contributed by atoms with E-state index < -0.39 is 70.5 Å². The summed E-state index contributed by atoms with van der Waals surface area (Å²) in [5.41, 5.74) is -5.11. The van der Waals surface area contributed by atoms with Gasteiger partial charge in [-0.05, 0) is 57.9 Å². The van der Waals surface area contributed by atoms with E-state index in [1.165, 1.54) is 32.3 Å². The lowest BCUT2D eigenvalue weighted by Gasteiger charge is -2.65. The SMILES string of the molecule is CC(=O)O[C@H]1C[C@@H]2[C@H](OC(=O)c3cccnc3)[C@@]3(OC2(C)C)[C@@]1(C)[C@@H](OC(=O)/C=C/c1ccccc1)[C@H](O)C[C@]3(C)O. The highest BCUT2D eigenvalue weighted by Gasteiger charge is 2.84. The molecule has 1 saturated heterocycles. The first-order valence-electron chi connectivity index (χ1n) is 14.1. The predicted octanol–water partition coefficient (Wildman–Crippen LogP) is 3.25. The molecule has 2 saturated carbocycles. The van der Waals surface area contributed by atoms with Gasteiger partial charge in [0.2, 0.25) is 0 Å². The summed E-state index contributed by atoms with van der Waals surface area (Å²) in [7, 11) is 0. The van der Waals surface area contributed by atoms with Gasteiger partial charge in [-0.2, -0.15) is 0 Å². The number of aromatic nitrogens is 1. The van der Waals surface area contributed by atoms with Crippen LogP contribution in [0.5, 0.6) is 0 Å². The molecule has 2 aromatic rings. The van der Waals surface area contributed by atoms with Crippen LogP contribution in [-0.4, -0.2) is 74.3 Å². The summed E-state index contributed by atoms with van der Waals surface area (Å²) < 4.78 is 24.7. The maximum absolute atomic E-state index is 13.4. The Bertz CT molecular complexity index is 1370. The van der Waals surface area contributed by atoms with Gasteiger partial charge in [-0.15, -0.1) is 0 Å². The number of carbonyl (C=O) groups excluding carboxylic acids is 3. The first-order valence-corrected chi connectivity index (χ1v) is 14.1. The molecular formula is C32H37NO9. The second-order valence-corrected chi connectivity index (χ2v) is 12.4. The highest BCUT2D eigenvalue weighted by atomic mass is 16.6. The zero-order chi connectivity index (χ0) is 30.5. The van der Waals surface area contributed by atoms with Crippen LogP contribution in [0.15, 0.2) is 60.9 Å². The van der Waals surface area contributed by atoms with Crippen molar-refractivity contribution >= 4 is 24.0 Å². The van der Waals surface area contributed by atoms with E-state index in [-0.39, 0.29) is 18.4 Å². The molecule has 0 amide bonds. The maximum atomic E-state index is 13.4. The summed E-state index contributed by atoms with van der Waals surface area (Å²) >= 11 is 0. The minimum Gasteiger partial charge on any atom is -0.462 e. The average Bonchev–Trinajstić information content (AvgIpc) is 3.12. The molecule has 1 aromatic carbocycles.